The number of rotatable bonds is 7. The van der Waals surface area contributed by atoms with E-state index in [1.807, 2.05) is 20.9 Å². The average Bonchev–Trinajstić information content (AvgIpc) is 2.67. The first kappa shape index (κ1) is 15.4. The van der Waals surface area contributed by atoms with Crippen molar-refractivity contribution < 1.29 is 9.59 Å². The van der Waals surface area contributed by atoms with Gasteiger partial charge in [0.25, 0.3) is 5.91 Å². The lowest BCUT2D eigenvalue weighted by molar-refractivity contribution is 0.0948. The number of carbonyl (C=O) groups excluding carboxylic acids is 2. The molecule has 0 spiro atoms. The van der Waals surface area contributed by atoms with E-state index in [0.717, 1.165) is 24.1 Å². The van der Waals surface area contributed by atoms with Crippen LogP contribution in [0.1, 0.15) is 52.4 Å². The largest absolute Gasteiger partial charge is 0.354 e. The molecule has 0 unspecified atom stereocenters. The topological polar surface area (TPSA) is 74.0 Å². The Labute approximate surface area is 114 Å². The molecule has 0 fully saturated rings. The van der Waals surface area contributed by atoms with Gasteiger partial charge < -0.3 is 15.6 Å². The van der Waals surface area contributed by atoms with Crippen LogP contribution in [0.5, 0.6) is 0 Å². The smallest absolute Gasteiger partial charge is 0.268 e. The number of hydrogen-bond acceptors (Lipinski definition) is 3. The number of H-pyrrole nitrogens is 1. The molecule has 1 aromatic rings. The van der Waals surface area contributed by atoms with E-state index < -0.39 is 0 Å². The number of ketones is 1. The van der Waals surface area contributed by atoms with Crippen molar-refractivity contribution in [3.05, 3.63) is 22.5 Å². The van der Waals surface area contributed by atoms with Crippen molar-refractivity contribution in [1.29, 1.82) is 0 Å². The predicted octanol–water partition coefficient (Wildman–Crippen LogP) is 1.43. The van der Waals surface area contributed by atoms with Gasteiger partial charge in [-0.3, -0.25) is 9.59 Å². The van der Waals surface area contributed by atoms with Gasteiger partial charge in [0.15, 0.2) is 5.78 Å². The van der Waals surface area contributed by atoms with Crippen LogP contribution >= 0.6 is 0 Å². The number of hydrogen-bond donors (Lipinski definition) is 3. The van der Waals surface area contributed by atoms with Crippen LogP contribution < -0.4 is 10.6 Å². The van der Waals surface area contributed by atoms with Crippen molar-refractivity contribution in [3.63, 3.8) is 0 Å². The summed E-state index contributed by atoms with van der Waals surface area (Å²) in [6.07, 6.45) is 1.63. The second kappa shape index (κ2) is 7.09. The monoisotopic (exact) mass is 265 g/mol. The molecule has 0 saturated heterocycles. The summed E-state index contributed by atoms with van der Waals surface area (Å²) in [7, 11) is 1.83. The molecule has 0 bridgehead atoms. The Morgan fingerprint density at radius 2 is 1.95 bits per heavy atom. The average molecular weight is 265 g/mol. The number of aromatic nitrogens is 1. The van der Waals surface area contributed by atoms with Crippen LogP contribution in [0.3, 0.4) is 0 Å². The lowest BCUT2D eigenvalue weighted by Crippen LogP contribution is -2.31. The predicted molar refractivity (Wildman–Crippen MR) is 75.8 cm³/mol. The normalized spacial score (nSPS) is 10.5. The zero-order valence-electron chi connectivity index (χ0n) is 12.1. The third-order valence-electron chi connectivity index (χ3n) is 3.03. The molecule has 0 aliphatic heterocycles. The molecular formula is C14H23N3O2. The van der Waals surface area contributed by atoms with Gasteiger partial charge in [-0.2, -0.15) is 0 Å². The zero-order valence-corrected chi connectivity index (χ0v) is 12.1. The third kappa shape index (κ3) is 3.67. The molecule has 5 nitrogen and oxygen atoms in total. The fourth-order valence-electron chi connectivity index (χ4n) is 2.24. The number of nitrogens with one attached hydrogen (secondary N) is 3. The number of Topliss-reactive ketones (excluding diaryl/α,β-unsaturated/α-hetero) is 1. The van der Waals surface area contributed by atoms with Crippen molar-refractivity contribution in [2.45, 2.75) is 33.6 Å². The number of aryl methyl sites for hydroxylation is 1. The van der Waals surface area contributed by atoms with Gasteiger partial charge in [-0.25, -0.2) is 0 Å². The summed E-state index contributed by atoms with van der Waals surface area (Å²) in [6.45, 7) is 6.69. The van der Waals surface area contributed by atoms with Crippen LogP contribution in [-0.2, 0) is 6.42 Å². The van der Waals surface area contributed by atoms with E-state index in [0.29, 0.717) is 24.3 Å². The third-order valence-corrected chi connectivity index (χ3v) is 3.03. The van der Waals surface area contributed by atoms with Gasteiger partial charge in [0.05, 0.1) is 0 Å². The Bertz CT molecular complexity index is 464. The second-order valence-electron chi connectivity index (χ2n) is 4.64. The molecule has 106 valence electrons. The van der Waals surface area contributed by atoms with Crippen LogP contribution in [-0.4, -0.2) is 36.8 Å². The van der Waals surface area contributed by atoms with Crippen molar-refractivity contribution in [2.75, 3.05) is 20.1 Å². The number of aromatic amines is 1. The molecule has 1 aromatic heterocycles. The Balaban J connectivity index is 3.02. The van der Waals surface area contributed by atoms with Gasteiger partial charge in [-0.15, -0.1) is 0 Å². The molecule has 0 radical (unpaired) electrons. The number of likely N-dealkylation sites (N-methyl/N-ethyl adjacent to an activating group) is 1. The minimum absolute atomic E-state index is 0.00600. The molecule has 0 aliphatic carbocycles. The minimum Gasteiger partial charge on any atom is -0.354 e. The van der Waals surface area contributed by atoms with Crippen molar-refractivity contribution in [1.82, 2.24) is 15.6 Å². The highest BCUT2D eigenvalue weighted by Gasteiger charge is 2.21. The maximum Gasteiger partial charge on any atom is 0.268 e. The summed E-state index contributed by atoms with van der Waals surface area (Å²) in [6, 6.07) is 0. The van der Waals surface area contributed by atoms with Crippen molar-refractivity contribution in [3.8, 4) is 0 Å². The molecule has 1 heterocycles. The van der Waals surface area contributed by atoms with Gasteiger partial charge in [0.2, 0.25) is 0 Å². The Morgan fingerprint density at radius 3 is 2.47 bits per heavy atom. The van der Waals surface area contributed by atoms with Crippen molar-refractivity contribution >= 4 is 11.7 Å². The van der Waals surface area contributed by atoms with Gasteiger partial charge in [-0.05, 0) is 32.9 Å². The fourth-order valence-corrected chi connectivity index (χ4v) is 2.24. The zero-order chi connectivity index (χ0) is 14.4. The Kier molecular flexibility index (Phi) is 5.76. The first-order valence-corrected chi connectivity index (χ1v) is 6.68. The van der Waals surface area contributed by atoms with E-state index >= 15 is 0 Å². The molecule has 3 N–H and O–H groups in total. The molecule has 1 amide bonds. The van der Waals surface area contributed by atoms with E-state index in [-0.39, 0.29) is 11.7 Å². The molecule has 1 rings (SSSR count). The quantitative estimate of drug-likeness (QED) is 0.516. The highest BCUT2D eigenvalue weighted by Crippen LogP contribution is 2.21. The lowest BCUT2D eigenvalue weighted by Gasteiger charge is -2.06. The Hall–Kier alpha value is -1.62. The SMILES string of the molecule is CCCc1c(C(=O)NCCNC)[nH]c(C)c1C(C)=O. The van der Waals surface area contributed by atoms with Crippen LogP contribution in [0.4, 0.5) is 0 Å². The number of amides is 1. The summed E-state index contributed by atoms with van der Waals surface area (Å²) >= 11 is 0. The van der Waals surface area contributed by atoms with Crippen LogP contribution in [0.25, 0.3) is 0 Å². The highest BCUT2D eigenvalue weighted by molar-refractivity contribution is 6.02. The summed E-state index contributed by atoms with van der Waals surface area (Å²) in [5, 5.41) is 5.80. The molecule has 5 heteroatoms. The molecule has 0 atom stereocenters. The first-order chi connectivity index (χ1) is 9.02. The van der Waals surface area contributed by atoms with Crippen molar-refractivity contribution in [2.24, 2.45) is 0 Å². The van der Waals surface area contributed by atoms with Gasteiger partial charge >= 0.3 is 0 Å². The second-order valence-corrected chi connectivity index (χ2v) is 4.64. The highest BCUT2D eigenvalue weighted by atomic mass is 16.2. The lowest BCUT2D eigenvalue weighted by atomic mass is 10.0. The van der Waals surface area contributed by atoms with Crippen LogP contribution in [0.2, 0.25) is 0 Å². The van der Waals surface area contributed by atoms with E-state index in [4.69, 9.17) is 0 Å². The molecule has 0 aliphatic rings. The first-order valence-electron chi connectivity index (χ1n) is 6.68. The van der Waals surface area contributed by atoms with E-state index in [1.54, 1.807) is 0 Å². The van der Waals surface area contributed by atoms with Gasteiger partial charge in [0.1, 0.15) is 5.69 Å². The summed E-state index contributed by atoms with van der Waals surface area (Å²) < 4.78 is 0. The standard InChI is InChI=1S/C14H23N3O2/c1-5-6-11-12(10(3)18)9(2)17-13(11)14(19)16-8-7-15-4/h15,17H,5-8H2,1-4H3,(H,16,19). The minimum atomic E-state index is -0.144. The summed E-state index contributed by atoms with van der Waals surface area (Å²) in [4.78, 5) is 26.9. The fraction of sp³-hybridized carbons (Fsp3) is 0.571. The maximum absolute atomic E-state index is 12.1. The van der Waals surface area contributed by atoms with Gasteiger partial charge in [0, 0.05) is 24.3 Å². The van der Waals surface area contributed by atoms with E-state index in [9.17, 15) is 9.59 Å². The van der Waals surface area contributed by atoms with Crippen LogP contribution in [0, 0.1) is 6.92 Å². The summed E-state index contributed by atoms with van der Waals surface area (Å²) in [5.41, 5.74) is 2.81. The molecule has 0 saturated carbocycles. The Morgan fingerprint density at radius 1 is 1.26 bits per heavy atom. The molecular weight excluding hydrogens is 242 g/mol. The molecule has 19 heavy (non-hydrogen) atoms. The molecule has 0 aromatic carbocycles. The van der Waals surface area contributed by atoms with Crippen LogP contribution in [0.15, 0.2) is 0 Å². The summed E-state index contributed by atoms with van der Waals surface area (Å²) in [5.74, 6) is -0.138. The van der Waals surface area contributed by atoms with Gasteiger partial charge in [-0.1, -0.05) is 13.3 Å². The van der Waals surface area contributed by atoms with E-state index in [1.165, 1.54) is 6.92 Å². The number of carbonyl (C=O) groups is 2. The van der Waals surface area contributed by atoms with E-state index in [2.05, 4.69) is 15.6 Å². The maximum atomic E-state index is 12.1.